The first-order chi connectivity index (χ1) is 15.2. The van der Waals surface area contributed by atoms with Crippen molar-refractivity contribution in [1.29, 1.82) is 0 Å². The fraction of sp³-hybridized carbons (Fsp3) is 0.667. The van der Waals surface area contributed by atoms with E-state index in [9.17, 15) is 9.59 Å². The number of rotatable bonds is 7. The first kappa shape index (κ1) is 22.6. The Bertz CT molecular complexity index is 739. The maximum Gasteiger partial charge on any atom is 0.238 e. The summed E-state index contributed by atoms with van der Waals surface area (Å²) in [5.41, 5.74) is 2.15. The fourth-order valence-electron chi connectivity index (χ4n) is 4.86. The quantitative estimate of drug-likeness (QED) is 0.701. The number of anilines is 1. The van der Waals surface area contributed by atoms with Crippen molar-refractivity contribution in [2.45, 2.75) is 38.6 Å². The zero-order valence-corrected chi connectivity index (χ0v) is 19.4. The van der Waals surface area contributed by atoms with Gasteiger partial charge < -0.3 is 10.2 Å². The fourth-order valence-corrected chi connectivity index (χ4v) is 5.84. The molecule has 0 atom stereocenters. The second kappa shape index (κ2) is 11.3. The molecule has 170 valence electrons. The Morgan fingerprint density at radius 1 is 0.968 bits per heavy atom. The Labute approximate surface area is 190 Å². The molecule has 3 heterocycles. The van der Waals surface area contributed by atoms with Crippen molar-refractivity contribution in [2.24, 2.45) is 5.92 Å². The molecule has 1 aromatic rings. The molecule has 1 N–H and O–H groups in total. The summed E-state index contributed by atoms with van der Waals surface area (Å²) < 4.78 is 0. The number of carbonyl (C=O) groups excluding carboxylic acids is 2. The number of hydrogen-bond donors (Lipinski definition) is 1. The van der Waals surface area contributed by atoms with Crippen LogP contribution in [0.1, 0.15) is 37.7 Å². The van der Waals surface area contributed by atoms with Gasteiger partial charge in [0.05, 0.1) is 6.54 Å². The topological polar surface area (TPSA) is 55.9 Å². The number of benzene rings is 1. The lowest BCUT2D eigenvalue weighted by Crippen LogP contribution is -2.40. The van der Waals surface area contributed by atoms with Crippen LogP contribution < -0.4 is 5.32 Å². The Kier molecular flexibility index (Phi) is 8.27. The molecular weight excluding hydrogens is 408 g/mol. The summed E-state index contributed by atoms with van der Waals surface area (Å²) >= 11 is 2.02. The summed E-state index contributed by atoms with van der Waals surface area (Å²) in [6, 6.07) is 8.26. The van der Waals surface area contributed by atoms with E-state index < -0.39 is 0 Å². The molecule has 31 heavy (non-hydrogen) atoms. The molecule has 3 saturated heterocycles. The van der Waals surface area contributed by atoms with E-state index in [2.05, 4.69) is 27.2 Å². The van der Waals surface area contributed by atoms with Gasteiger partial charge in [-0.3, -0.25) is 19.4 Å². The zero-order valence-electron chi connectivity index (χ0n) is 18.6. The molecule has 3 fully saturated rings. The standard InChI is InChI=1S/C24H36N4O2S/c29-23(25-22-5-3-4-21(16-22)18-27-12-14-31-15-13-27)19-26-10-6-20(7-11-26)17-24(30)28-8-1-2-9-28/h3-5,16,20H,1-2,6-15,17-19H2,(H,25,29). The molecule has 3 aliphatic heterocycles. The first-order valence-corrected chi connectivity index (χ1v) is 13.0. The molecule has 7 heteroatoms. The summed E-state index contributed by atoms with van der Waals surface area (Å²) in [6.07, 6.45) is 5.01. The number of piperidine rings is 1. The minimum Gasteiger partial charge on any atom is -0.343 e. The monoisotopic (exact) mass is 444 g/mol. The third-order valence-corrected chi connectivity index (χ3v) is 7.66. The largest absolute Gasteiger partial charge is 0.343 e. The average molecular weight is 445 g/mol. The molecule has 3 aliphatic rings. The molecule has 4 rings (SSSR count). The molecule has 2 amide bonds. The number of hydrogen-bond acceptors (Lipinski definition) is 5. The van der Waals surface area contributed by atoms with Gasteiger partial charge in [0.15, 0.2) is 0 Å². The van der Waals surface area contributed by atoms with Gasteiger partial charge in [0.1, 0.15) is 0 Å². The Balaban J connectivity index is 1.18. The van der Waals surface area contributed by atoms with Crippen molar-refractivity contribution in [2.75, 3.05) is 62.6 Å². The van der Waals surface area contributed by atoms with Crippen LogP contribution in [-0.4, -0.2) is 83.8 Å². The molecule has 0 aromatic heterocycles. The van der Waals surface area contributed by atoms with Crippen molar-refractivity contribution in [1.82, 2.24) is 14.7 Å². The molecule has 0 saturated carbocycles. The van der Waals surface area contributed by atoms with Gasteiger partial charge in [-0.1, -0.05) is 12.1 Å². The van der Waals surface area contributed by atoms with Gasteiger partial charge in [0.2, 0.25) is 11.8 Å². The highest BCUT2D eigenvalue weighted by molar-refractivity contribution is 7.99. The molecule has 0 radical (unpaired) electrons. The van der Waals surface area contributed by atoms with E-state index >= 15 is 0 Å². The van der Waals surface area contributed by atoms with Crippen LogP contribution >= 0.6 is 11.8 Å². The average Bonchev–Trinajstić information content (AvgIpc) is 3.31. The Hall–Kier alpha value is -1.57. The van der Waals surface area contributed by atoms with E-state index in [0.29, 0.717) is 24.8 Å². The third kappa shape index (κ3) is 6.96. The molecule has 0 unspecified atom stereocenters. The maximum atomic E-state index is 12.6. The second-order valence-corrected chi connectivity index (χ2v) is 10.4. The predicted octanol–water partition coefficient (Wildman–Crippen LogP) is 2.90. The molecular formula is C24H36N4O2S. The highest BCUT2D eigenvalue weighted by Crippen LogP contribution is 2.23. The van der Waals surface area contributed by atoms with E-state index in [1.165, 1.54) is 17.1 Å². The van der Waals surface area contributed by atoms with Gasteiger partial charge >= 0.3 is 0 Å². The van der Waals surface area contributed by atoms with Gasteiger partial charge in [0.25, 0.3) is 0 Å². The summed E-state index contributed by atoms with van der Waals surface area (Å²) in [6.45, 7) is 7.35. The van der Waals surface area contributed by atoms with Crippen molar-refractivity contribution in [3.63, 3.8) is 0 Å². The van der Waals surface area contributed by atoms with Gasteiger partial charge in [-0.2, -0.15) is 11.8 Å². The van der Waals surface area contributed by atoms with Crippen LogP contribution in [0.15, 0.2) is 24.3 Å². The Morgan fingerprint density at radius 3 is 2.45 bits per heavy atom. The lowest BCUT2D eigenvalue weighted by atomic mass is 9.93. The van der Waals surface area contributed by atoms with Crippen LogP contribution in [0, 0.1) is 5.92 Å². The minimum atomic E-state index is 0.0538. The molecule has 1 aromatic carbocycles. The number of thioether (sulfide) groups is 1. The molecule has 6 nitrogen and oxygen atoms in total. The number of carbonyl (C=O) groups is 2. The molecule has 0 bridgehead atoms. The predicted molar refractivity (Wildman–Crippen MR) is 127 cm³/mol. The SMILES string of the molecule is O=C(CN1CCC(CC(=O)N2CCCC2)CC1)Nc1cccc(CN2CCSCC2)c1. The summed E-state index contributed by atoms with van der Waals surface area (Å²) in [5.74, 6) is 3.27. The summed E-state index contributed by atoms with van der Waals surface area (Å²) in [7, 11) is 0. The van der Waals surface area contributed by atoms with Gasteiger partial charge in [-0.25, -0.2) is 0 Å². The smallest absolute Gasteiger partial charge is 0.238 e. The Morgan fingerprint density at radius 2 is 1.71 bits per heavy atom. The summed E-state index contributed by atoms with van der Waals surface area (Å²) in [4.78, 5) is 31.7. The van der Waals surface area contributed by atoms with Crippen molar-refractivity contribution in [3.8, 4) is 0 Å². The van der Waals surface area contributed by atoms with Crippen LogP contribution in [0.4, 0.5) is 5.69 Å². The lowest BCUT2D eigenvalue weighted by molar-refractivity contribution is -0.131. The number of likely N-dealkylation sites (tertiary alicyclic amines) is 2. The van der Waals surface area contributed by atoms with E-state index in [1.54, 1.807) is 0 Å². The second-order valence-electron chi connectivity index (χ2n) is 9.15. The van der Waals surface area contributed by atoms with Crippen molar-refractivity contribution >= 4 is 29.3 Å². The lowest BCUT2D eigenvalue weighted by Gasteiger charge is -2.32. The highest BCUT2D eigenvalue weighted by atomic mass is 32.2. The maximum absolute atomic E-state index is 12.6. The van der Waals surface area contributed by atoms with Crippen LogP contribution in [-0.2, 0) is 16.1 Å². The van der Waals surface area contributed by atoms with Gasteiger partial charge in [-0.15, -0.1) is 0 Å². The number of amides is 2. The van der Waals surface area contributed by atoms with Crippen LogP contribution in [0.2, 0.25) is 0 Å². The molecule has 0 spiro atoms. The third-order valence-electron chi connectivity index (χ3n) is 6.72. The van der Waals surface area contributed by atoms with Gasteiger partial charge in [-0.05, 0) is 62.4 Å². The molecule has 0 aliphatic carbocycles. The van der Waals surface area contributed by atoms with Crippen LogP contribution in [0.25, 0.3) is 0 Å². The first-order valence-electron chi connectivity index (χ1n) is 11.8. The zero-order chi connectivity index (χ0) is 21.5. The minimum absolute atomic E-state index is 0.0538. The number of nitrogens with zero attached hydrogens (tertiary/aromatic N) is 3. The highest BCUT2D eigenvalue weighted by Gasteiger charge is 2.26. The van der Waals surface area contributed by atoms with Crippen LogP contribution in [0.3, 0.4) is 0 Å². The normalized spacial score (nSPS) is 21.4. The van der Waals surface area contributed by atoms with E-state index in [0.717, 1.165) is 77.2 Å². The van der Waals surface area contributed by atoms with E-state index in [-0.39, 0.29) is 5.91 Å². The van der Waals surface area contributed by atoms with Crippen molar-refractivity contribution in [3.05, 3.63) is 29.8 Å². The van der Waals surface area contributed by atoms with Crippen molar-refractivity contribution < 1.29 is 9.59 Å². The van der Waals surface area contributed by atoms with E-state index in [4.69, 9.17) is 0 Å². The van der Waals surface area contributed by atoms with Crippen LogP contribution in [0.5, 0.6) is 0 Å². The number of nitrogens with one attached hydrogen (secondary N) is 1. The summed E-state index contributed by atoms with van der Waals surface area (Å²) in [5, 5.41) is 3.08. The van der Waals surface area contributed by atoms with E-state index in [1.807, 2.05) is 28.8 Å². The van der Waals surface area contributed by atoms with Gasteiger partial charge in [0, 0.05) is 56.3 Å².